The molecule has 0 spiro atoms. The lowest BCUT2D eigenvalue weighted by Gasteiger charge is -2.12. The number of benzene rings is 2. The van der Waals surface area contributed by atoms with Crippen LogP contribution in [0.25, 0.3) is 0 Å². The van der Waals surface area contributed by atoms with Crippen LogP contribution in [0, 0.1) is 0 Å². The third-order valence-corrected chi connectivity index (χ3v) is 4.00. The first-order valence-electron chi connectivity index (χ1n) is 9.37. The second-order valence-corrected chi connectivity index (χ2v) is 6.51. The molecule has 0 unspecified atom stereocenters. The van der Waals surface area contributed by atoms with E-state index < -0.39 is 17.8 Å². The summed E-state index contributed by atoms with van der Waals surface area (Å²) in [6, 6.07) is 12.9. The zero-order valence-electron chi connectivity index (χ0n) is 17.1. The van der Waals surface area contributed by atoms with Crippen molar-refractivity contribution in [1.29, 1.82) is 0 Å². The van der Waals surface area contributed by atoms with E-state index in [1.165, 1.54) is 7.11 Å². The predicted molar refractivity (Wildman–Crippen MR) is 117 cm³/mol. The van der Waals surface area contributed by atoms with Crippen LogP contribution in [0.1, 0.15) is 34.1 Å². The van der Waals surface area contributed by atoms with Crippen molar-refractivity contribution in [2.45, 2.75) is 13.3 Å². The van der Waals surface area contributed by atoms with E-state index in [-0.39, 0.29) is 11.7 Å². The molecule has 31 heavy (non-hydrogen) atoms. The van der Waals surface area contributed by atoms with Crippen LogP contribution in [-0.4, -0.2) is 43.2 Å². The lowest BCUT2D eigenvalue weighted by Crippen LogP contribution is -2.49. The van der Waals surface area contributed by atoms with Gasteiger partial charge < -0.3 is 14.2 Å². The highest BCUT2D eigenvalue weighted by atomic mass is 32.1. The molecule has 0 radical (unpaired) electrons. The molecule has 164 valence electrons. The van der Waals surface area contributed by atoms with Gasteiger partial charge in [0.1, 0.15) is 11.5 Å². The second kappa shape index (κ2) is 12.1. The van der Waals surface area contributed by atoms with Gasteiger partial charge in [-0.1, -0.05) is 19.1 Å². The number of esters is 1. The van der Waals surface area contributed by atoms with Crippen molar-refractivity contribution in [3.05, 3.63) is 59.7 Å². The normalized spacial score (nSPS) is 9.87. The van der Waals surface area contributed by atoms with E-state index in [0.29, 0.717) is 29.2 Å². The molecular weight excluding hydrogens is 422 g/mol. The summed E-state index contributed by atoms with van der Waals surface area (Å²) >= 11 is 4.99. The van der Waals surface area contributed by atoms with Gasteiger partial charge in [0.15, 0.2) is 11.7 Å². The van der Waals surface area contributed by atoms with Gasteiger partial charge in [0.25, 0.3) is 11.8 Å². The number of para-hydroxylation sites is 1. The molecular formula is C21H23N3O6S. The van der Waals surface area contributed by atoms with Crippen LogP contribution in [0.2, 0.25) is 0 Å². The fourth-order valence-corrected chi connectivity index (χ4v) is 2.45. The molecule has 2 aromatic carbocycles. The Balaban J connectivity index is 1.74. The fourth-order valence-electron chi connectivity index (χ4n) is 2.31. The van der Waals surface area contributed by atoms with Crippen molar-refractivity contribution < 1.29 is 28.6 Å². The van der Waals surface area contributed by atoms with Crippen LogP contribution in [0.4, 0.5) is 0 Å². The van der Waals surface area contributed by atoms with Crippen molar-refractivity contribution in [3.8, 4) is 11.5 Å². The molecule has 0 aliphatic heterocycles. The molecule has 0 aliphatic rings. The predicted octanol–water partition coefficient (Wildman–Crippen LogP) is 1.98. The maximum atomic E-state index is 12.2. The molecule has 0 aromatic heterocycles. The molecule has 3 N–H and O–H groups in total. The fraction of sp³-hybridized carbons (Fsp3) is 0.238. The number of hydrazine groups is 1. The zero-order chi connectivity index (χ0) is 22.6. The number of methoxy groups -OCH3 is 1. The van der Waals surface area contributed by atoms with E-state index in [2.05, 4.69) is 16.2 Å². The van der Waals surface area contributed by atoms with E-state index in [1.54, 1.807) is 48.5 Å². The lowest BCUT2D eigenvalue weighted by molar-refractivity contribution is -0.123. The molecule has 0 atom stereocenters. The highest BCUT2D eigenvalue weighted by molar-refractivity contribution is 7.80. The summed E-state index contributed by atoms with van der Waals surface area (Å²) in [5, 5.41) is 2.34. The standard InChI is InChI=1S/C21H23N3O6S/c1-3-12-29-20(27)14-8-10-15(11-9-14)30-13-18(25)23-24-21(31)22-19(26)16-6-4-5-7-17(16)28-2/h4-11H,3,12-13H2,1-2H3,(H,23,25)(H2,22,24,26,31). The highest BCUT2D eigenvalue weighted by Crippen LogP contribution is 2.16. The SMILES string of the molecule is CCCOC(=O)c1ccc(OCC(=O)NNC(=S)NC(=O)c2ccccc2OC)cc1. The average Bonchev–Trinajstić information content (AvgIpc) is 2.80. The minimum atomic E-state index is -0.527. The number of hydrogen-bond donors (Lipinski definition) is 3. The molecule has 10 heteroatoms. The largest absolute Gasteiger partial charge is 0.496 e. The Labute approximate surface area is 185 Å². The molecule has 2 rings (SSSR count). The summed E-state index contributed by atoms with van der Waals surface area (Å²) in [4.78, 5) is 35.9. The summed E-state index contributed by atoms with van der Waals surface area (Å²) in [5.41, 5.74) is 5.42. The van der Waals surface area contributed by atoms with Gasteiger partial charge >= 0.3 is 5.97 Å². The number of amides is 2. The number of rotatable bonds is 8. The van der Waals surface area contributed by atoms with Gasteiger partial charge in [0, 0.05) is 0 Å². The molecule has 0 heterocycles. The Morgan fingerprint density at radius 2 is 1.71 bits per heavy atom. The molecule has 0 aliphatic carbocycles. The molecule has 0 saturated heterocycles. The van der Waals surface area contributed by atoms with E-state index in [0.717, 1.165) is 6.42 Å². The minimum Gasteiger partial charge on any atom is -0.496 e. The number of ether oxygens (including phenoxy) is 3. The van der Waals surface area contributed by atoms with Crippen molar-refractivity contribution in [2.75, 3.05) is 20.3 Å². The molecule has 0 saturated carbocycles. The number of thiocarbonyl (C=S) groups is 1. The van der Waals surface area contributed by atoms with Crippen LogP contribution in [0.15, 0.2) is 48.5 Å². The zero-order valence-corrected chi connectivity index (χ0v) is 17.9. The summed E-state index contributed by atoms with van der Waals surface area (Å²) in [6.07, 6.45) is 0.740. The Kier molecular flexibility index (Phi) is 9.24. The van der Waals surface area contributed by atoms with Crippen molar-refractivity contribution >= 4 is 35.1 Å². The maximum absolute atomic E-state index is 12.2. The van der Waals surface area contributed by atoms with Crippen LogP contribution in [-0.2, 0) is 9.53 Å². The summed E-state index contributed by atoms with van der Waals surface area (Å²) in [5.74, 6) is -0.642. The quantitative estimate of drug-likeness (QED) is 0.321. The summed E-state index contributed by atoms with van der Waals surface area (Å²) in [6.45, 7) is 1.95. The molecule has 9 nitrogen and oxygen atoms in total. The van der Waals surface area contributed by atoms with E-state index in [1.807, 2.05) is 6.92 Å². The van der Waals surface area contributed by atoms with Gasteiger partial charge in [-0.2, -0.15) is 0 Å². The van der Waals surface area contributed by atoms with E-state index >= 15 is 0 Å². The van der Waals surface area contributed by atoms with Crippen LogP contribution < -0.4 is 25.6 Å². The van der Waals surface area contributed by atoms with Gasteiger partial charge in [-0.05, 0) is 55.0 Å². The van der Waals surface area contributed by atoms with Crippen molar-refractivity contribution in [1.82, 2.24) is 16.2 Å². The lowest BCUT2D eigenvalue weighted by atomic mass is 10.2. The highest BCUT2D eigenvalue weighted by Gasteiger charge is 2.13. The second-order valence-electron chi connectivity index (χ2n) is 6.11. The Bertz CT molecular complexity index is 933. The molecule has 2 amide bonds. The average molecular weight is 445 g/mol. The van der Waals surface area contributed by atoms with E-state index in [4.69, 9.17) is 26.4 Å². The number of nitrogens with one attached hydrogen (secondary N) is 3. The first-order valence-corrected chi connectivity index (χ1v) is 9.78. The van der Waals surface area contributed by atoms with E-state index in [9.17, 15) is 14.4 Å². The monoisotopic (exact) mass is 445 g/mol. The van der Waals surface area contributed by atoms with Crippen LogP contribution in [0.5, 0.6) is 11.5 Å². The van der Waals surface area contributed by atoms with Gasteiger partial charge in [0.05, 0.1) is 24.8 Å². The van der Waals surface area contributed by atoms with Gasteiger partial charge in [-0.3, -0.25) is 25.8 Å². The van der Waals surface area contributed by atoms with Gasteiger partial charge in [-0.15, -0.1) is 0 Å². The first-order chi connectivity index (χ1) is 14.9. The number of carbonyl (C=O) groups excluding carboxylic acids is 3. The van der Waals surface area contributed by atoms with Crippen molar-refractivity contribution in [3.63, 3.8) is 0 Å². The molecule has 0 bridgehead atoms. The first kappa shape index (κ1) is 23.6. The van der Waals surface area contributed by atoms with Gasteiger partial charge in [-0.25, -0.2) is 4.79 Å². The Hall–Kier alpha value is -3.66. The minimum absolute atomic E-state index is 0.0980. The smallest absolute Gasteiger partial charge is 0.338 e. The van der Waals surface area contributed by atoms with Gasteiger partial charge in [0.2, 0.25) is 0 Å². The topological polar surface area (TPSA) is 115 Å². The Morgan fingerprint density at radius 3 is 2.39 bits per heavy atom. The third kappa shape index (κ3) is 7.59. The molecule has 2 aromatic rings. The van der Waals surface area contributed by atoms with Crippen LogP contribution in [0.3, 0.4) is 0 Å². The molecule has 0 fully saturated rings. The third-order valence-electron chi connectivity index (χ3n) is 3.79. The number of carbonyl (C=O) groups is 3. The van der Waals surface area contributed by atoms with Crippen LogP contribution >= 0.6 is 12.2 Å². The van der Waals surface area contributed by atoms with Crippen molar-refractivity contribution in [2.24, 2.45) is 0 Å². The summed E-state index contributed by atoms with van der Waals surface area (Å²) < 4.78 is 15.5. The number of hydrogen-bond acceptors (Lipinski definition) is 7. The Morgan fingerprint density at radius 1 is 1.00 bits per heavy atom. The maximum Gasteiger partial charge on any atom is 0.338 e. The summed E-state index contributed by atoms with van der Waals surface area (Å²) in [7, 11) is 1.45.